The Kier molecular flexibility index (Phi) is 5.36. The van der Waals surface area contributed by atoms with Crippen molar-refractivity contribution in [3.63, 3.8) is 0 Å². The Morgan fingerprint density at radius 3 is 2.81 bits per heavy atom. The van der Waals surface area contributed by atoms with Gasteiger partial charge in [-0.05, 0) is 36.1 Å². The highest BCUT2D eigenvalue weighted by molar-refractivity contribution is 7.98. The molecular formula is C15H16ClN3OS. The van der Waals surface area contributed by atoms with E-state index >= 15 is 0 Å². The summed E-state index contributed by atoms with van der Waals surface area (Å²) >= 11 is 7.92. The fraction of sp³-hybridized carbons (Fsp3) is 0.133. The van der Waals surface area contributed by atoms with E-state index in [1.807, 2.05) is 24.5 Å². The summed E-state index contributed by atoms with van der Waals surface area (Å²) in [4.78, 5) is 1.20. The molecule has 0 aliphatic heterocycles. The van der Waals surface area contributed by atoms with E-state index in [1.54, 1.807) is 23.9 Å². The molecule has 110 valence electrons. The molecule has 0 aliphatic carbocycles. The quantitative estimate of drug-likeness (QED) is 0.258. The maximum atomic E-state index is 8.66. The van der Waals surface area contributed by atoms with Gasteiger partial charge in [0.1, 0.15) is 0 Å². The van der Waals surface area contributed by atoms with Gasteiger partial charge in [0.05, 0.1) is 0 Å². The standard InChI is InChI=1S/C15H16ClN3OS/c1-21-13-4-2-3-12(8-13)18-9-11-6-5-10(7-14(11)16)15(17)19-20/h2-8,18,20H,9H2,1H3,(H2,17,19). The number of nitrogens with two attached hydrogens (primary N) is 1. The third-order valence-electron chi connectivity index (χ3n) is 3.01. The first kappa shape index (κ1) is 15.5. The molecule has 0 bridgehead atoms. The van der Waals surface area contributed by atoms with E-state index in [4.69, 9.17) is 22.5 Å². The molecular weight excluding hydrogens is 306 g/mol. The van der Waals surface area contributed by atoms with Crippen molar-refractivity contribution in [1.82, 2.24) is 0 Å². The summed E-state index contributed by atoms with van der Waals surface area (Å²) in [6.07, 6.45) is 2.04. The minimum absolute atomic E-state index is 0.0454. The lowest BCUT2D eigenvalue weighted by atomic mass is 10.1. The van der Waals surface area contributed by atoms with Crippen molar-refractivity contribution in [3.05, 3.63) is 58.6 Å². The van der Waals surface area contributed by atoms with Gasteiger partial charge in [0.25, 0.3) is 0 Å². The summed E-state index contributed by atoms with van der Waals surface area (Å²) in [6, 6.07) is 13.5. The van der Waals surface area contributed by atoms with Crippen LogP contribution in [-0.4, -0.2) is 17.3 Å². The maximum Gasteiger partial charge on any atom is 0.170 e. The molecule has 0 aliphatic rings. The number of hydrogen-bond donors (Lipinski definition) is 3. The van der Waals surface area contributed by atoms with Crippen molar-refractivity contribution in [2.45, 2.75) is 11.4 Å². The molecule has 4 N–H and O–H groups in total. The van der Waals surface area contributed by atoms with Gasteiger partial charge in [-0.3, -0.25) is 0 Å². The highest BCUT2D eigenvalue weighted by Gasteiger charge is 2.05. The molecule has 6 heteroatoms. The van der Waals surface area contributed by atoms with Crippen LogP contribution in [0.4, 0.5) is 5.69 Å². The summed E-state index contributed by atoms with van der Waals surface area (Å²) in [6.45, 7) is 0.604. The minimum Gasteiger partial charge on any atom is -0.409 e. The average Bonchev–Trinajstić information content (AvgIpc) is 2.53. The van der Waals surface area contributed by atoms with Crippen molar-refractivity contribution in [2.75, 3.05) is 11.6 Å². The molecule has 0 saturated heterocycles. The van der Waals surface area contributed by atoms with E-state index in [9.17, 15) is 0 Å². The summed E-state index contributed by atoms with van der Waals surface area (Å²) in [5.74, 6) is 0.0454. The van der Waals surface area contributed by atoms with Crippen LogP contribution in [0.3, 0.4) is 0 Å². The minimum atomic E-state index is 0.0454. The second kappa shape index (κ2) is 7.24. The van der Waals surface area contributed by atoms with Crippen molar-refractivity contribution in [2.24, 2.45) is 10.9 Å². The van der Waals surface area contributed by atoms with Crippen LogP contribution in [0.2, 0.25) is 5.02 Å². The molecule has 0 spiro atoms. The summed E-state index contributed by atoms with van der Waals surface area (Å²) < 4.78 is 0. The molecule has 0 radical (unpaired) electrons. The average molecular weight is 322 g/mol. The number of anilines is 1. The molecule has 4 nitrogen and oxygen atoms in total. The van der Waals surface area contributed by atoms with Crippen LogP contribution >= 0.6 is 23.4 Å². The number of halogens is 1. The van der Waals surface area contributed by atoms with Crippen LogP contribution in [0, 0.1) is 0 Å². The molecule has 2 aromatic rings. The summed E-state index contributed by atoms with van der Waals surface area (Å²) in [5.41, 5.74) is 8.11. The summed E-state index contributed by atoms with van der Waals surface area (Å²) in [5, 5.41) is 15.5. The normalized spacial score (nSPS) is 11.4. The number of benzene rings is 2. The first-order valence-corrected chi connectivity index (χ1v) is 7.88. The zero-order chi connectivity index (χ0) is 15.2. The van der Waals surface area contributed by atoms with Crippen LogP contribution in [0.25, 0.3) is 0 Å². The molecule has 0 aromatic heterocycles. The molecule has 0 unspecified atom stereocenters. The predicted octanol–water partition coefficient (Wildman–Crippen LogP) is 3.77. The lowest BCUT2D eigenvalue weighted by Gasteiger charge is -2.10. The topological polar surface area (TPSA) is 70.6 Å². The zero-order valence-corrected chi connectivity index (χ0v) is 13.1. The second-order valence-corrected chi connectivity index (χ2v) is 5.66. The van der Waals surface area contributed by atoms with Crippen LogP contribution in [0.1, 0.15) is 11.1 Å². The Morgan fingerprint density at radius 2 is 2.14 bits per heavy atom. The Labute approximate surface area is 133 Å². The zero-order valence-electron chi connectivity index (χ0n) is 11.5. The van der Waals surface area contributed by atoms with Crippen LogP contribution in [0.5, 0.6) is 0 Å². The van der Waals surface area contributed by atoms with Gasteiger partial charge in [-0.2, -0.15) is 0 Å². The third kappa shape index (κ3) is 4.06. The van der Waals surface area contributed by atoms with E-state index in [-0.39, 0.29) is 5.84 Å². The van der Waals surface area contributed by atoms with Crippen LogP contribution < -0.4 is 11.1 Å². The van der Waals surface area contributed by atoms with Crippen LogP contribution in [0.15, 0.2) is 52.5 Å². The smallest absolute Gasteiger partial charge is 0.170 e. The first-order valence-electron chi connectivity index (χ1n) is 6.28. The Hall–Kier alpha value is -1.85. The van der Waals surface area contributed by atoms with Crippen molar-refractivity contribution >= 4 is 34.9 Å². The number of amidine groups is 1. The highest BCUT2D eigenvalue weighted by Crippen LogP contribution is 2.22. The molecule has 21 heavy (non-hydrogen) atoms. The molecule has 0 amide bonds. The number of hydrogen-bond acceptors (Lipinski definition) is 4. The van der Waals surface area contributed by atoms with E-state index < -0.39 is 0 Å². The Bertz CT molecular complexity index is 661. The monoisotopic (exact) mass is 321 g/mol. The molecule has 0 fully saturated rings. The molecule has 2 aromatic carbocycles. The largest absolute Gasteiger partial charge is 0.409 e. The fourth-order valence-electron chi connectivity index (χ4n) is 1.84. The van der Waals surface area contributed by atoms with E-state index in [0.717, 1.165) is 11.3 Å². The second-order valence-electron chi connectivity index (χ2n) is 4.38. The van der Waals surface area contributed by atoms with E-state index in [1.165, 1.54) is 4.90 Å². The summed E-state index contributed by atoms with van der Waals surface area (Å²) in [7, 11) is 0. The van der Waals surface area contributed by atoms with Gasteiger partial charge >= 0.3 is 0 Å². The number of oxime groups is 1. The predicted molar refractivity (Wildman–Crippen MR) is 89.5 cm³/mol. The van der Waals surface area contributed by atoms with Gasteiger partial charge in [-0.15, -0.1) is 11.8 Å². The lowest BCUT2D eigenvalue weighted by Crippen LogP contribution is -2.13. The third-order valence-corrected chi connectivity index (χ3v) is 4.09. The van der Waals surface area contributed by atoms with Crippen LogP contribution in [-0.2, 0) is 6.54 Å². The first-order chi connectivity index (χ1) is 10.1. The molecule has 0 atom stereocenters. The molecule has 0 saturated carbocycles. The fourth-order valence-corrected chi connectivity index (χ4v) is 2.54. The van der Waals surface area contributed by atoms with Gasteiger partial charge in [-0.1, -0.05) is 35.0 Å². The lowest BCUT2D eigenvalue weighted by molar-refractivity contribution is 0.318. The van der Waals surface area contributed by atoms with Crippen molar-refractivity contribution < 1.29 is 5.21 Å². The van der Waals surface area contributed by atoms with Crippen molar-refractivity contribution in [3.8, 4) is 0 Å². The maximum absolute atomic E-state index is 8.66. The van der Waals surface area contributed by atoms with Gasteiger partial charge in [0, 0.05) is 27.7 Å². The number of nitrogens with zero attached hydrogens (tertiary/aromatic N) is 1. The van der Waals surface area contributed by atoms with Gasteiger partial charge in [-0.25, -0.2) is 0 Å². The van der Waals surface area contributed by atoms with Crippen molar-refractivity contribution in [1.29, 1.82) is 0 Å². The number of nitrogens with one attached hydrogen (secondary N) is 1. The Morgan fingerprint density at radius 1 is 1.33 bits per heavy atom. The van der Waals surface area contributed by atoms with Gasteiger partial charge in [0.2, 0.25) is 0 Å². The van der Waals surface area contributed by atoms with Gasteiger partial charge in [0.15, 0.2) is 5.84 Å². The molecule has 2 rings (SSSR count). The van der Waals surface area contributed by atoms with Gasteiger partial charge < -0.3 is 16.3 Å². The SMILES string of the molecule is CSc1cccc(NCc2ccc(/C(N)=N/O)cc2Cl)c1. The van der Waals surface area contributed by atoms with E-state index in [2.05, 4.69) is 22.6 Å². The number of thioether (sulfide) groups is 1. The highest BCUT2D eigenvalue weighted by atomic mass is 35.5. The Balaban J connectivity index is 2.09. The molecule has 0 heterocycles. The number of rotatable bonds is 5. The van der Waals surface area contributed by atoms with E-state index in [0.29, 0.717) is 17.1 Å².